The minimum absolute atomic E-state index is 0. The van der Waals surface area contributed by atoms with Crippen LogP contribution < -0.4 is 5.19 Å². The number of rotatable bonds is 9. The van der Waals surface area contributed by atoms with E-state index in [-0.39, 0.29) is 44.6 Å². The van der Waals surface area contributed by atoms with Gasteiger partial charge in [-0.2, -0.15) is 0 Å². The Morgan fingerprint density at radius 1 is 0.581 bits per heavy atom. The van der Waals surface area contributed by atoms with Crippen LogP contribution in [-0.4, -0.2) is 43.0 Å². The maximum atomic E-state index is 6.71. The van der Waals surface area contributed by atoms with E-state index >= 15 is 0 Å². The van der Waals surface area contributed by atoms with Crippen molar-refractivity contribution in [1.82, 2.24) is 0 Å². The van der Waals surface area contributed by atoms with Crippen LogP contribution in [0.15, 0.2) is 30.3 Å². The molecule has 0 aromatic heterocycles. The van der Waals surface area contributed by atoms with E-state index in [4.69, 9.17) is 16.5 Å². The standard InChI is InChI=1S/C16H36O4Si5.6CH4/c1-21(17-22(2,3)4)18-25(10,16-14-12-11-13-15-16)20-24(8,9)19-23(5,6)7;;;;;;/h11-15,21H,1-10H3;6*1H4. The molecule has 31 heavy (non-hydrogen) atoms. The molecule has 2 atom stereocenters. The van der Waals surface area contributed by atoms with Gasteiger partial charge in [-0.05, 0) is 70.7 Å². The Morgan fingerprint density at radius 3 is 1.35 bits per heavy atom. The van der Waals surface area contributed by atoms with Crippen molar-refractivity contribution in [2.24, 2.45) is 0 Å². The Labute approximate surface area is 204 Å². The van der Waals surface area contributed by atoms with Crippen LogP contribution in [0.1, 0.15) is 44.6 Å². The number of benzene rings is 1. The first-order valence-electron chi connectivity index (χ1n) is 8.93. The molecular weight excluding hydrogens is 469 g/mol. The molecule has 192 valence electrons. The largest absolute Gasteiger partial charge is 0.439 e. The SMILES string of the molecule is C.C.C.C.C.C.C[SiH](O[Si](C)(C)C)O[Si](C)(O[Si](C)(C)O[Si](C)(C)C)c1ccccc1. The van der Waals surface area contributed by atoms with Crippen LogP contribution in [0.2, 0.25) is 65.5 Å². The molecule has 1 aromatic carbocycles. The summed E-state index contributed by atoms with van der Waals surface area (Å²) in [6, 6.07) is 10.3. The molecule has 0 fully saturated rings. The Kier molecular flexibility index (Phi) is 24.1. The summed E-state index contributed by atoms with van der Waals surface area (Å²) in [5.74, 6) is 0. The second kappa shape index (κ2) is 16.7. The molecule has 0 heterocycles. The van der Waals surface area contributed by atoms with Gasteiger partial charge in [0.1, 0.15) is 0 Å². The third-order valence-corrected chi connectivity index (χ3v) is 19.8. The normalized spacial score (nSPS) is 13.9. The summed E-state index contributed by atoms with van der Waals surface area (Å²) in [5.41, 5.74) is 0. The third-order valence-electron chi connectivity index (χ3n) is 3.20. The average Bonchev–Trinajstić information content (AvgIpc) is 2.33. The summed E-state index contributed by atoms with van der Waals surface area (Å²) in [5, 5.41) is 1.15. The highest BCUT2D eigenvalue weighted by molar-refractivity contribution is 6.93. The van der Waals surface area contributed by atoms with Gasteiger partial charge in [0, 0.05) is 0 Å². The van der Waals surface area contributed by atoms with Gasteiger partial charge in [0.25, 0.3) is 9.28 Å². The summed E-state index contributed by atoms with van der Waals surface area (Å²) in [7, 11) is -10.0. The number of hydrogen-bond acceptors (Lipinski definition) is 4. The molecular formula is C22H60O4Si5. The summed E-state index contributed by atoms with van der Waals surface area (Å²) in [6.45, 7) is 21.8. The summed E-state index contributed by atoms with van der Waals surface area (Å²) < 4.78 is 26.0. The lowest BCUT2D eigenvalue weighted by molar-refractivity contribution is 0.318. The van der Waals surface area contributed by atoms with Gasteiger partial charge in [-0.15, -0.1) is 0 Å². The molecule has 0 saturated heterocycles. The predicted octanol–water partition coefficient (Wildman–Crippen LogP) is 8.07. The van der Waals surface area contributed by atoms with Crippen molar-refractivity contribution in [2.45, 2.75) is 110 Å². The molecule has 0 bridgehead atoms. The molecule has 0 radical (unpaired) electrons. The monoisotopic (exact) mass is 528 g/mol. The Balaban J connectivity index is -0.000000260. The topological polar surface area (TPSA) is 36.9 Å². The second-order valence-electron chi connectivity index (χ2n) is 8.94. The zero-order chi connectivity index (χ0) is 19.5. The lowest BCUT2D eigenvalue weighted by Gasteiger charge is -2.40. The van der Waals surface area contributed by atoms with E-state index in [1.165, 1.54) is 0 Å². The number of hydrogen-bond donors (Lipinski definition) is 0. The van der Waals surface area contributed by atoms with Crippen molar-refractivity contribution in [2.75, 3.05) is 0 Å². The highest BCUT2D eigenvalue weighted by Gasteiger charge is 2.45. The lowest BCUT2D eigenvalue weighted by atomic mass is 10.4. The Hall–Kier alpha value is 0.144. The molecule has 4 nitrogen and oxygen atoms in total. The Bertz CT molecular complexity index is 545. The Morgan fingerprint density at radius 2 is 1.00 bits per heavy atom. The molecule has 0 saturated carbocycles. The highest BCUT2D eigenvalue weighted by atomic mass is 28.5. The van der Waals surface area contributed by atoms with E-state index in [2.05, 4.69) is 77.6 Å². The fourth-order valence-corrected chi connectivity index (χ4v) is 22.7. The van der Waals surface area contributed by atoms with Crippen molar-refractivity contribution >= 4 is 48.2 Å². The van der Waals surface area contributed by atoms with Gasteiger partial charge in [-0.1, -0.05) is 74.9 Å². The fraction of sp³-hybridized carbons (Fsp3) is 0.727. The molecule has 9 heteroatoms. The summed E-state index contributed by atoms with van der Waals surface area (Å²) in [4.78, 5) is 0. The first-order valence-corrected chi connectivity index (χ1v) is 23.0. The van der Waals surface area contributed by atoms with Gasteiger partial charge in [-0.25, -0.2) is 0 Å². The van der Waals surface area contributed by atoms with E-state index in [1.807, 2.05) is 18.2 Å². The van der Waals surface area contributed by atoms with Gasteiger partial charge in [0.05, 0.1) is 0 Å². The van der Waals surface area contributed by atoms with Gasteiger partial charge >= 0.3 is 17.1 Å². The first kappa shape index (κ1) is 44.8. The van der Waals surface area contributed by atoms with Gasteiger partial charge < -0.3 is 16.5 Å². The molecule has 0 amide bonds. The zero-order valence-electron chi connectivity index (χ0n) is 17.6. The van der Waals surface area contributed by atoms with Crippen molar-refractivity contribution in [3.05, 3.63) is 30.3 Å². The molecule has 0 aliphatic rings. The lowest BCUT2D eigenvalue weighted by Crippen LogP contribution is -2.62. The van der Waals surface area contributed by atoms with E-state index in [1.54, 1.807) is 0 Å². The van der Waals surface area contributed by atoms with Crippen LogP contribution in [0, 0.1) is 0 Å². The van der Waals surface area contributed by atoms with Crippen LogP contribution in [0.4, 0.5) is 0 Å². The fourth-order valence-electron chi connectivity index (χ4n) is 2.96. The van der Waals surface area contributed by atoms with Crippen LogP contribution in [0.25, 0.3) is 0 Å². The predicted molar refractivity (Wildman–Crippen MR) is 160 cm³/mol. The highest BCUT2D eigenvalue weighted by Crippen LogP contribution is 2.22. The second-order valence-corrected chi connectivity index (χ2v) is 27.3. The molecule has 1 aromatic rings. The molecule has 0 aliphatic carbocycles. The minimum atomic E-state index is -2.61. The van der Waals surface area contributed by atoms with Crippen molar-refractivity contribution in [3.63, 3.8) is 0 Å². The van der Waals surface area contributed by atoms with Crippen molar-refractivity contribution in [3.8, 4) is 0 Å². The third kappa shape index (κ3) is 18.3. The van der Waals surface area contributed by atoms with Crippen LogP contribution in [-0.2, 0) is 16.5 Å². The minimum Gasteiger partial charge on any atom is -0.439 e. The molecule has 0 spiro atoms. The van der Waals surface area contributed by atoms with E-state index in [9.17, 15) is 0 Å². The van der Waals surface area contributed by atoms with Gasteiger partial charge in [0.15, 0.2) is 16.6 Å². The first-order chi connectivity index (χ1) is 11.1. The maximum Gasteiger partial charge on any atom is 0.351 e. The van der Waals surface area contributed by atoms with E-state index in [0.717, 1.165) is 5.19 Å². The average molecular weight is 529 g/mol. The van der Waals surface area contributed by atoms with Crippen molar-refractivity contribution < 1.29 is 16.5 Å². The summed E-state index contributed by atoms with van der Waals surface area (Å²) >= 11 is 0. The molecule has 0 N–H and O–H groups in total. The molecule has 1 rings (SSSR count). The van der Waals surface area contributed by atoms with Crippen LogP contribution in [0.5, 0.6) is 0 Å². The van der Waals surface area contributed by atoms with E-state index in [0.29, 0.717) is 0 Å². The zero-order valence-corrected chi connectivity index (χ0v) is 22.8. The van der Waals surface area contributed by atoms with E-state index < -0.39 is 43.0 Å². The van der Waals surface area contributed by atoms with Crippen LogP contribution >= 0.6 is 0 Å². The van der Waals surface area contributed by atoms with Crippen LogP contribution in [0.3, 0.4) is 0 Å². The summed E-state index contributed by atoms with van der Waals surface area (Å²) in [6.07, 6.45) is 0. The maximum absolute atomic E-state index is 6.71. The van der Waals surface area contributed by atoms with Gasteiger partial charge in [0.2, 0.25) is 0 Å². The van der Waals surface area contributed by atoms with Gasteiger partial charge in [-0.3, -0.25) is 0 Å². The molecule has 2 unspecified atom stereocenters. The van der Waals surface area contributed by atoms with Crippen molar-refractivity contribution in [1.29, 1.82) is 0 Å². The quantitative estimate of drug-likeness (QED) is 0.304. The smallest absolute Gasteiger partial charge is 0.351 e. The molecule has 0 aliphatic heterocycles.